The molecule has 0 aliphatic rings. The summed E-state index contributed by atoms with van der Waals surface area (Å²) < 4.78 is 5.28. The van der Waals surface area contributed by atoms with Crippen LogP contribution in [0.1, 0.15) is 51.8 Å². The average molecular weight is 592 g/mol. The molecule has 0 radical (unpaired) electrons. The number of nitrogens with one attached hydrogen (secondary N) is 4. The zero-order valence-corrected chi connectivity index (χ0v) is 25.0. The second-order valence-electron chi connectivity index (χ2n) is 11.1. The van der Waals surface area contributed by atoms with Crippen molar-refractivity contribution in [3.8, 4) is 0 Å². The van der Waals surface area contributed by atoms with E-state index in [4.69, 9.17) is 10.5 Å². The van der Waals surface area contributed by atoms with Crippen LogP contribution in [-0.2, 0) is 36.9 Å². The molecule has 2 aromatic carbocycles. The van der Waals surface area contributed by atoms with Crippen LogP contribution in [0.5, 0.6) is 0 Å². The van der Waals surface area contributed by atoms with E-state index in [0.29, 0.717) is 12.1 Å². The lowest BCUT2D eigenvalue weighted by atomic mass is 9.93. The van der Waals surface area contributed by atoms with Crippen LogP contribution in [0.2, 0.25) is 0 Å². The van der Waals surface area contributed by atoms with Crippen molar-refractivity contribution in [2.45, 2.75) is 71.7 Å². The van der Waals surface area contributed by atoms with Gasteiger partial charge in [0.15, 0.2) is 0 Å². The van der Waals surface area contributed by atoms with Gasteiger partial charge in [-0.3, -0.25) is 19.2 Å². The highest BCUT2D eigenvalue weighted by Gasteiger charge is 2.35. The summed E-state index contributed by atoms with van der Waals surface area (Å²) in [7, 11) is 0. The number of fused-ring (bicyclic) bond motifs is 1. The molecule has 6 N–H and O–H groups in total. The van der Waals surface area contributed by atoms with Crippen LogP contribution in [0.25, 0.3) is 10.9 Å². The molecular weight excluding hydrogens is 550 g/mol. The summed E-state index contributed by atoms with van der Waals surface area (Å²) in [5.41, 5.74) is 7.87. The molecule has 0 saturated heterocycles. The number of amides is 4. The lowest BCUT2D eigenvalue weighted by Crippen LogP contribution is -2.57. The first-order valence-electron chi connectivity index (χ1n) is 14.5. The van der Waals surface area contributed by atoms with Crippen molar-refractivity contribution in [1.82, 2.24) is 20.9 Å². The van der Waals surface area contributed by atoms with Gasteiger partial charge in [0.2, 0.25) is 17.6 Å². The number of rotatable bonds is 15. The first-order valence-corrected chi connectivity index (χ1v) is 14.5. The Morgan fingerprint density at radius 1 is 0.884 bits per heavy atom. The van der Waals surface area contributed by atoms with E-state index < -0.39 is 53.6 Å². The smallest absolute Gasteiger partial charge is 0.408 e. The molecule has 43 heavy (non-hydrogen) atoms. The molecule has 0 aliphatic carbocycles. The molecule has 11 heteroatoms. The highest BCUT2D eigenvalue weighted by atomic mass is 16.5. The minimum Gasteiger partial charge on any atom is -0.445 e. The van der Waals surface area contributed by atoms with E-state index in [9.17, 15) is 24.0 Å². The third-order valence-corrected chi connectivity index (χ3v) is 7.20. The molecule has 11 nitrogen and oxygen atoms in total. The second kappa shape index (κ2) is 15.5. The van der Waals surface area contributed by atoms with Crippen molar-refractivity contribution in [2.24, 2.45) is 17.6 Å². The SMILES string of the molecule is CCC(C)C(NC(=O)C(CC(C)C)NC(=O)OCc1ccccc1)C(=O)C(=O)NC(Cc1cc2ccccc2[nH]1)C(N)=O. The van der Waals surface area contributed by atoms with Crippen LogP contribution < -0.4 is 21.7 Å². The van der Waals surface area contributed by atoms with Crippen LogP contribution in [0.15, 0.2) is 60.7 Å². The molecule has 0 aliphatic heterocycles. The number of hydrogen-bond donors (Lipinski definition) is 5. The number of nitrogens with two attached hydrogens (primary N) is 1. The summed E-state index contributed by atoms with van der Waals surface area (Å²) in [6.07, 6.45) is 0.0120. The number of primary amides is 1. The van der Waals surface area contributed by atoms with Crippen molar-refractivity contribution in [2.75, 3.05) is 0 Å². The monoisotopic (exact) mass is 591 g/mol. The molecule has 3 aromatic rings. The zero-order valence-electron chi connectivity index (χ0n) is 25.0. The molecule has 0 fully saturated rings. The number of H-pyrrole nitrogens is 1. The van der Waals surface area contributed by atoms with Gasteiger partial charge < -0.3 is 31.4 Å². The Hall–Kier alpha value is -4.67. The summed E-state index contributed by atoms with van der Waals surface area (Å²) in [5, 5.41) is 8.62. The maximum Gasteiger partial charge on any atom is 0.408 e. The highest BCUT2D eigenvalue weighted by molar-refractivity contribution is 6.39. The summed E-state index contributed by atoms with van der Waals surface area (Å²) in [6, 6.07) is 15.1. The Labute approximate surface area is 251 Å². The largest absolute Gasteiger partial charge is 0.445 e. The zero-order chi connectivity index (χ0) is 31.5. The Morgan fingerprint density at radius 3 is 2.19 bits per heavy atom. The van der Waals surface area contributed by atoms with E-state index in [1.54, 1.807) is 6.92 Å². The first kappa shape index (κ1) is 32.8. The van der Waals surface area contributed by atoms with Crippen LogP contribution >= 0.6 is 0 Å². The lowest BCUT2D eigenvalue weighted by molar-refractivity contribution is -0.142. The number of benzene rings is 2. The van der Waals surface area contributed by atoms with Crippen LogP contribution in [-0.4, -0.2) is 52.7 Å². The van der Waals surface area contributed by atoms with Gasteiger partial charge in [0.1, 0.15) is 18.7 Å². The highest BCUT2D eigenvalue weighted by Crippen LogP contribution is 2.16. The maximum atomic E-state index is 13.4. The molecule has 1 aromatic heterocycles. The molecule has 0 saturated carbocycles. The Bertz CT molecular complexity index is 1390. The van der Waals surface area contributed by atoms with E-state index in [-0.39, 0.29) is 25.4 Å². The third-order valence-electron chi connectivity index (χ3n) is 7.20. The standard InChI is InChI=1S/C32H41N5O6/c1-5-20(4)27(37-30(40)26(15-19(2)3)36-32(42)43-18-21-11-7-6-8-12-21)28(38)31(41)35-25(29(33)39)17-23-16-22-13-9-10-14-24(22)34-23/h6-14,16,19-20,25-27,34H,5,15,17-18H2,1-4H3,(H2,33,39)(H,35,41)(H,36,42)(H,37,40). The fraction of sp³-hybridized carbons (Fsp3) is 0.406. The number of hydrogen-bond acceptors (Lipinski definition) is 6. The minimum absolute atomic E-state index is 0.0205. The fourth-order valence-corrected chi connectivity index (χ4v) is 4.62. The summed E-state index contributed by atoms with van der Waals surface area (Å²) in [6.45, 7) is 7.35. The van der Waals surface area contributed by atoms with Gasteiger partial charge in [-0.15, -0.1) is 0 Å². The molecule has 1 heterocycles. The number of para-hydroxylation sites is 1. The predicted octanol–water partition coefficient (Wildman–Crippen LogP) is 3.12. The predicted molar refractivity (Wildman–Crippen MR) is 163 cm³/mol. The number of carbonyl (C=O) groups is 5. The summed E-state index contributed by atoms with van der Waals surface area (Å²) >= 11 is 0. The maximum absolute atomic E-state index is 13.4. The number of alkyl carbamates (subject to hydrolysis) is 1. The molecule has 4 unspecified atom stereocenters. The lowest BCUT2D eigenvalue weighted by Gasteiger charge is -2.27. The van der Waals surface area contributed by atoms with Gasteiger partial charge in [0.25, 0.3) is 5.91 Å². The fourth-order valence-electron chi connectivity index (χ4n) is 4.62. The summed E-state index contributed by atoms with van der Waals surface area (Å²) in [5.74, 6) is -3.79. The Balaban J connectivity index is 1.68. The topological polar surface area (TPSA) is 172 Å². The van der Waals surface area contributed by atoms with Gasteiger partial charge >= 0.3 is 6.09 Å². The first-order chi connectivity index (χ1) is 20.5. The van der Waals surface area contributed by atoms with E-state index in [1.807, 2.05) is 81.4 Å². The molecule has 0 bridgehead atoms. The third kappa shape index (κ3) is 9.69. The number of carbonyl (C=O) groups excluding carboxylic acids is 5. The molecule has 4 amide bonds. The Kier molecular flexibility index (Phi) is 11.9. The van der Waals surface area contributed by atoms with Crippen LogP contribution in [0, 0.1) is 11.8 Å². The normalized spacial score (nSPS) is 13.9. The Morgan fingerprint density at radius 2 is 1.56 bits per heavy atom. The minimum atomic E-state index is -1.20. The van der Waals surface area contributed by atoms with Gasteiger partial charge in [-0.25, -0.2) is 4.79 Å². The van der Waals surface area contributed by atoms with Crippen molar-refractivity contribution < 1.29 is 28.7 Å². The van der Waals surface area contributed by atoms with E-state index in [2.05, 4.69) is 20.9 Å². The van der Waals surface area contributed by atoms with Gasteiger partial charge in [-0.05, 0) is 41.3 Å². The van der Waals surface area contributed by atoms with E-state index >= 15 is 0 Å². The van der Waals surface area contributed by atoms with Crippen molar-refractivity contribution in [3.63, 3.8) is 0 Å². The second-order valence-corrected chi connectivity index (χ2v) is 11.1. The number of Topliss-reactive ketones (excluding diaryl/α,β-unsaturated/α-hetero) is 1. The van der Waals surface area contributed by atoms with Gasteiger partial charge in [0.05, 0.1) is 6.04 Å². The van der Waals surface area contributed by atoms with Crippen molar-refractivity contribution in [3.05, 3.63) is 71.9 Å². The van der Waals surface area contributed by atoms with Crippen molar-refractivity contribution in [1.29, 1.82) is 0 Å². The van der Waals surface area contributed by atoms with Gasteiger partial charge in [-0.1, -0.05) is 82.6 Å². The number of aromatic amines is 1. The van der Waals surface area contributed by atoms with Crippen molar-refractivity contribution >= 4 is 40.5 Å². The quantitative estimate of drug-likeness (QED) is 0.170. The number of ketones is 1. The van der Waals surface area contributed by atoms with E-state index in [1.165, 1.54) is 0 Å². The van der Waals surface area contributed by atoms with Gasteiger partial charge in [-0.2, -0.15) is 0 Å². The number of aromatic nitrogens is 1. The van der Waals surface area contributed by atoms with Crippen LogP contribution in [0.3, 0.4) is 0 Å². The van der Waals surface area contributed by atoms with Gasteiger partial charge in [0, 0.05) is 17.6 Å². The molecule has 3 rings (SSSR count). The van der Waals surface area contributed by atoms with E-state index in [0.717, 1.165) is 16.5 Å². The molecule has 230 valence electrons. The molecular formula is C32H41N5O6. The number of ether oxygens (including phenoxy) is 1. The van der Waals surface area contributed by atoms with Crippen LogP contribution in [0.4, 0.5) is 4.79 Å². The summed E-state index contributed by atoms with van der Waals surface area (Å²) in [4.78, 5) is 67.7. The average Bonchev–Trinajstić information content (AvgIpc) is 3.40. The molecule has 0 spiro atoms. The molecule has 4 atom stereocenters.